The molecule has 9 nitrogen and oxygen atoms in total. The van der Waals surface area contributed by atoms with E-state index in [4.69, 9.17) is 9.47 Å². The SMILES string of the molecule is O=C(CCC(=O)Nc1nnc2ccccn12)Nc1ccc2c(c1)OCO2. The van der Waals surface area contributed by atoms with E-state index in [1.807, 2.05) is 12.1 Å². The van der Waals surface area contributed by atoms with Crippen molar-refractivity contribution < 1.29 is 19.1 Å². The van der Waals surface area contributed by atoms with Crippen molar-refractivity contribution in [3.05, 3.63) is 42.6 Å². The largest absolute Gasteiger partial charge is 0.454 e. The lowest BCUT2D eigenvalue weighted by Crippen LogP contribution is -2.18. The number of carbonyl (C=O) groups excluding carboxylic acids is 2. The maximum atomic E-state index is 12.1. The van der Waals surface area contributed by atoms with Gasteiger partial charge in [-0.1, -0.05) is 6.07 Å². The van der Waals surface area contributed by atoms with Crippen LogP contribution in [0.25, 0.3) is 5.65 Å². The van der Waals surface area contributed by atoms with Crippen molar-refractivity contribution in [2.75, 3.05) is 17.4 Å². The molecule has 0 saturated heterocycles. The van der Waals surface area contributed by atoms with Gasteiger partial charge in [-0.05, 0) is 24.3 Å². The number of hydrogen-bond acceptors (Lipinski definition) is 6. The molecule has 3 aromatic rings. The van der Waals surface area contributed by atoms with E-state index in [9.17, 15) is 9.59 Å². The third kappa shape index (κ3) is 3.27. The Morgan fingerprint density at radius 2 is 1.81 bits per heavy atom. The Bertz CT molecular complexity index is 984. The number of nitrogens with one attached hydrogen (secondary N) is 2. The molecule has 2 N–H and O–H groups in total. The van der Waals surface area contributed by atoms with Crippen molar-refractivity contribution in [1.29, 1.82) is 0 Å². The van der Waals surface area contributed by atoms with Gasteiger partial charge >= 0.3 is 0 Å². The van der Waals surface area contributed by atoms with E-state index in [0.29, 0.717) is 28.8 Å². The fourth-order valence-corrected chi connectivity index (χ4v) is 2.54. The summed E-state index contributed by atoms with van der Waals surface area (Å²) in [6.45, 7) is 0.171. The first-order valence-corrected chi connectivity index (χ1v) is 7.98. The molecule has 2 amide bonds. The second-order valence-electron chi connectivity index (χ2n) is 5.62. The zero-order chi connectivity index (χ0) is 17.9. The van der Waals surface area contributed by atoms with Crippen LogP contribution in [0.15, 0.2) is 42.6 Å². The van der Waals surface area contributed by atoms with Gasteiger partial charge in [0.25, 0.3) is 0 Å². The van der Waals surface area contributed by atoms with Gasteiger partial charge in [-0.25, -0.2) is 0 Å². The normalized spacial score (nSPS) is 12.2. The molecule has 3 heterocycles. The topological polar surface area (TPSA) is 107 Å². The smallest absolute Gasteiger partial charge is 0.235 e. The summed E-state index contributed by atoms with van der Waals surface area (Å²) in [4.78, 5) is 24.1. The van der Waals surface area contributed by atoms with Gasteiger partial charge < -0.3 is 14.8 Å². The third-order valence-corrected chi connectivity index (χ3v) is 3.80. The first kappa shape index (κ1) is 15.9. The lowest BCUT2D eigenvalue weighted by atomic mass is 10.2. The number of pyridine rings is 1. The molecule has 4 rings (SSSR count). The highest BCUT2D eigenvalue weighted by molar-refractivity contribution is 5.96. The molecule has 0 spiro atoms. The molecule has 26 heavy (non-hydrogen) atoms. The monoisotopic (exact) mass is 353 g/mol. The van der Waals surface area contributed by atoms with Gasteiger partial charge in [0, 0.05) is 30.8 Å². The van der Waals surface area contributed by atoms with E-state index in [2.05, 4.69) is 20.8 Å². The van der Waals surface area contributed by atoms with E-state index < -0.39 is 0 Å². The van der Waals surface area contributed by atoms with Gasteiger partial charge in [0.1, 0.15) is 0 Å². The molecule has 1 aliphatic rings. The Labute approximate surface area is 147 Å². The number of hydrogen-bond donors (Lipinski definition) is 2. The van der Waals surface area contributed by atoms with Gasteiger partial charge in [-0.3, -0.25) is 19.3 Å². The Kier molecular flexibility index (Phi) is 4.10. The first-order valence-electron chi connectivity index (χ1n) is 7.98. The summed E-state index contributed by atoms with van der Waals surface area (Å²) in [6, 6.07) is 10.5. The number of rotatable bonds is 5. The molecule has 0 unspecified atom stereocenters. The van der Waals surface area contributed by atoms with E-state index >= 15 is 0 Å². The molecule has 2 aromatic heterocycles. The van der Waals surface area contributed by atoms with Gasteiger partial charge in [0.2, 0.25) is 24.6 Å². The third-order valence-electron chi connectivity index (χ3n) is 3.80. The Balaban J connectivity index is 1.30. The molecular formula is C17H15N5O4. The Morgan fingerprint density at radius 3 is 2.69 bits per heavy atom. The predicted molar refractivity (Wildman–Crippen MR) is 92.0 cm³/mol. The number of ether oxygens (including phenoxy) is 2. The molecular weight excluding hydrogens is 338 g/mol. The highest BCUT2D eigenvalue weighted by Crippen LogP contribution is 2.34. The molecule has 0 atom stereocenters. The minimum atomic E-state index is -0.316. The fourth-order valence-electron chi connectivity index (χ4n) is 2.54. The summed E-state index contributed by atoms with van der Waals surface area (Å²) in [7, 11) is 0. The summed E-state index contributed by atoms with van der Waals surface area (Å²) in [5.41, 5.74) is 1.21. The van der Waals surface area contributed by atoms with Crippen LogP contribution in [0.5, 0.6) is 11.5 Å². The van der Waals surface area contributed by atoms with Crippen LogP contribution in [0.4, 0.5) is 11.6 Å². The van der Waals surface area contributed by atoms with Crippen LogP contribution in [0.2, 0.25) is 0 Å². The van der Waals surface area contributed by atoms with E-state index in [-0.39, 0.29) is 31.4 Å². The van der Waals surface area contributed by atoms with Gasteiger partial charge in [-0.15, -0.1) is 10.2 Å². The van der Waals surface area contributed by atoms with Crippen LogP contribution < -0.4 is 20.1 Å². The number of amides is 2. The maximum Gasteiger partial charge on any atom is 0.235 e. The molecule has 132 valence electrons. The second kappa shape index (κ2) is 6.71. The molecule has 0 fully saturated rings. The van der Waals surface area contributed by atoms with Crippen LogP contribution >= 0.6 is 0 Å². The van der Waals surface area contributed by atoms with Crippen molar-refractivity contribution in [2.24, 2.45) is 0 Å². The maximum absolute atomic E-state index is 12.1. The summed E-state index contributed by atoms with van der Waals surface area (Å²) in [5.74, 6) is 0.957. The first-order chi connectivity index (χ1) is 12.7. The summed E-state index contributed by atoms with van der Waals surface area (Å²) in [6.07, 6.45) is 1.81. The standard InChI is InChI=1S/C17H15N5O4/c23-15(18-11-4-5-12-13(9-11)26-10-25-12)6-7-16(24)19-17-21-20-14-3-1-2-8-22(14)17/h1-5,8-9H,6-7,10H2,(H,18,23)(H,19,21,24). The van der Waals surface area contributed by atoms with Crippen molar-refractivity contribution in [3.63, 3.8) is 0 Å². The van der Waals surface area contributed by atoms with Gasteiger partial charge in [-0.2, -0.15) is 0 Å². The minimum Gasteiger partial charge on any atom is -0.454 e. The molecule has 1 aliphatic heterocycles. The number of benzene rings is 1. The van der Waals surface area contributed by atoms with Crippen LogP contribution in [0.3, 0.4) is 0 Å². The molecule has 0 radical (unpaired) electrons. The molecule has 9 heteroatoms. The number of carbonyl (C=O) groups is 2. The Morgan fingerprint density at radius 1 is 1.00 bits per heavy atom. The van der Waals surface area contributed by atoms with E-state index in [1.165, 1.54) is 0 Å². The Hall–Kier alpha value is -3.62. The van der Waals surface area contributed by atoms with Crippen LogP contribution in [0.1, 0.15) is 12.8 Å². The molecule has 0 bridgehead atoms. The molecule has 1 aromatic carbocycles. The summed E-state index contributed by atoms with van der Waals surface area (Å²) >= 11 is 0. The summed E-state index contributed by atoms with van der Waals surface area (Å²) in [5, 5.41) is 13.2. The zero-order valence-corrected chi connectivity index (χ0v) is 13.6. The predicted octanol–water partition coefficient (Wildman–Crippen LogP) is 1.82. The van der Waals surface area contributed by atoms with Crippen LogP contribution in [-0.4, -0.2) is 33.2 Å². The molecule has 0 saturated carbocycles. The zero-order valence-electron chi connectivity index (χ0n) is 13.6. The second-order valence-corrected chi connectivity index (χ2v) is 5.62. The number of nitrogens with zero attached hydrogens (tertiary/aromatic N) is 3. The van der Waals surface area contributed by atoms with Crippen molar-refractivity contribution >= 4 is 29.1 Å². The number of fused-ring (bicyclic) bond motifs is 2. The lowest BCUT2D eigenvalue weighted by Gasteiger charge is -2.06. The van der Waals surface area contributed by atoms with Crippen LogP contribution in [-0.2, 0) is 9.59 Å². The van der Waals surface area contributed by atoms with Gasteiger partial charge in [0.05, 0.1) is 0 Å². The number of anilines is 2. The van der Waals surface area contributed by atoms with E-state index in [1.54, 1.807) is 34.9 Å². The molecule has 0 aliphatic carbocycles. The number of aromatic nitrogens is 3. The fraction of sp³-hybridized carbons (Fsp3) is 0.176. The van der Waals surface area contributed by atoms with Crippen molar-refractivity contribution in [3.8, 4) is 11.5 Å². The average molecular weight is 353 g/mol. The van der Waals surface area contributed by atoms with E-state index in [0.717, 1.165) is 0 Å². The minimum absolute atomic E-state index is 0.0259. The highest BCUT2D eigenvalue weighted by Gasteiger charge is 2.15. The van der Waals surface area contributed by atoms with Crippen molar-refractivity contribution in [1.82, 2.24) is 14.6 Å². The van der Waals surface area contributed by atoms with Crippen molar-refractivity contribution in [2.45, 2.75) is 12.8 Å². The quantitative estimate of drug-likeness (QED) is 0.724. The lowest BCUT2D eigenvalue weighted by molar-refractivity contribution is -0.121. The highest BCUT2D eigenvalue weighted by atomic mass is 16.7. The summed E-state index contributed by atoms with van der Waals surface area (Å²) < 4.78 is 12.1. The van der Waals surface area contributed by atoms with Gasteiger partial charge in [0.15, 0.2) is 17.1 Å². The van der Waals surface area contributed by atoms with Crippen LogP contribution in [0, 0.1) is 0 Å². The average Bonchev–Trinajstić information content (AvgIpc) is 3.27.